The predicted molar refractivity (Wildman–Crippen MR) is 105 cm³/mol. The van der Waals surface area contributed by atoms with Crippen LogP contribution in [0.2, 0.25) is 0 Å². The number of nitrogens with zero attached hydrogens (tertiary/aromatic N) is 2. The molecule has 0 N–H and O–H groups in total. The quantitative estimate of drug-likeness (QED) is 0.590. The van der Waals surface area contributed by atoms with Crippen molar-refractivity contribution in [3.63, 3.8) is 0 Å². The highest BCUT2D eigenvalue weighted by Gasteiger charge is 2.28. The Bertz CT molecular complexity index is 837. The summed E-state index contributed by atoms with van der Waals surface area (Å²) in [6.07, 6.45) is 5.28. The summed E-state index contributed by atoms with van der Waals surface area (Å²) in [6, 6.07) is 4.33. The summed E-state index contributed by atoms with van der Waals surface area (Å²) in [5.74, 6) is -0.0919. The molecule has 162 valence electrons. The van der Waals surface area contributed by atoms with Crippen molar-refractivity contribution in [2.75, 3.05) is 33.0 Å². The highest BCUT2D eigenvalue weighted by molar-refractivity contribution is 7.88. The van der Waals surface area contributed by atoms with E-state index in [4.69, 9.17) is 4.74 Å². The Balaban J connectivity index is 1.99. The molecule has 0 unspecified atom stereocenters. The Morgan fingerprint density at radius 2 is 1.97 bits per heavy atom. The van der Waals surface area contributed by atoms with Crippen LogP contribution in [0.3, 0.4) is 0 Å². The molecule has 10 heteroatoms. The number of carbonyl (C=O) groups is 1. The molecule has 1 fully saturated rings. The third-order valence-electron chi connectivity index (χ3n) is 4.72. The smallest absolute Gasteiger partial charge is 0.387 e. The van der Waals surface area contributed by atoms with Crippen LogP contribution in [0.1, 0.15) is 25.3 Å². The van der Waals surface area contributed by atoms with Gasteiger partial charge in [-0.3, -0.25) is 4.79 Å². The molecule has 0 saturated carbocycles. The van der Waals surface area contributed by atoms with E-state index in [0.29, 0.717) is 31.5 Å². The van der Waals surface area contributed by atoms with E-state index in [-0.39, 0.29) is 30.1 Å². The van der Waals surface area contributed by atoms with Gasteiger partial charge in [0.05, 0.1) is 12.9 Å². The zero-order chi connectivity index (χ0) is 21.6. The van der Waals surface area contributed by atoms with Crippen LogP contribution >= 0.6 is 0 Å². The lowest BCUT2D eigenvalue weighted by Crippen LogP contribution is -2.46. The van der Waals surface area contributed by atoms with Gasteiger partial charge in [0, 0.05) is 32.3 Å². The van der Waals surface area contributed by atoms with Gasteiger partial charge in [-0.1, -0.05) is 6.07 Å². The maximum atomic E-state index is 12.5. The van der Waals surface area contributed by atoms with Crippen LogP contribution in [0.4, 0.5) is 8.78 Å². The van der Waals surface area contributed by atoms with Gasteiger partial charge in [0.15, 0.2) is 11.5 Å². The van der Waals surface area contributed by atoms with Crippen LogP contribution in [0.15, 0.2) is 24.3 Å². The van der Waals surface area contributed by atoms with E-state index in [9.17, 15) is 22.0 Å². The second-order valence-corrected chi connectivity index (χ2v) is 8.73. The van der Waals surface area contributed by atoms with Gasteiger partial charge in [0.25, 0.3) is 0 Å². The average Bonchev–Trinajstić information content (AvgIpc) is 2.66. The van der Waals surface area contributed by atoms with Crippen molar-refractivity contribution in [1.82, 2.24) is 9.21 Å². The Hall–Kier alpha value is -2.20. The zero-order valence-electron chi connectivity index (χ0n) is 16.7. The SMILES string of the molecule is CCOc1cc(/C=C/C(=O)N2CCC(N(C)S(C)(=O)=O)CC2)ccc1OC(F)F. The number of hydrogen-bond donors (Lipinski definition) is 0. The first-order valence-electron chi connectivity index (χ1n) is 9.23. The number of rotatable bonds is 8. The largest absolute Gasteiger partial charge is 0.490 e. The number of alkyl halides is 2. The maximum Gasteiger partial charge on any atom is 0.387 e. The summed E-state index contributed by atoms with van der Waals surface area (Å²) in [5.41, 5.74) is 0.607. The fourth-order valence-electron chi connectivity index (χ4n) is 3.08. The van der Waals surface area contributed by atoms with E-state index in [1.807, 2.05) is 0 Å². The molecular formula is C19H26F2N2O5S. The first-order valence-corrected chi connectivity index (χ1v) is 11.1. The fraction of sp³-hybridized carbons (Fsp3) is 0.526. The lowest BCUT2D eigenvalue weighted by Gasteiger charge is -2.35. The first kappa shape index (κ1) is 23.1. The number of amides is 1. The number of benzene rings is 1. The van der Waals surface area contributed by atoms with Crippen molar-refractivity contribution < 1.29 is 31.5 Å². The molecule has 2 rings (SSSR count). The van der Waals surface area contributed by atoms with E-state index >= 15 is 0 Å². The maximum absolute atomic E-state index is 12.5. The van der Waals surface area contributed by atoms with Crippen molar-refractivity contribution in [1.29, 1.82) is 0 Å². The molecule has 0 aliphatic carbocycles. The van der Waals surface area contributed by atoms with Crippen LogP contribution in [-0.4, -0.2) is 69.2 Å². The van der Waals surface area contributed by atoms with Crippen LogP contribution < -0.4 is 9.47 Å². The molecular weight excluding hydrogens is 406 g/mol. The van der Waals surface area contributed by atoms with E-state index in [2.05, 4.69) is 4.74 Å². The minimum absolute atomic E-state index is 0.0672. The minimum atomic E-state index is -3.26. The summed E-state index contributed by atoms with van der Waals surface area (Å²) in [7, 11) is -1.71. The summed E-state index contributed by atoms with van der Waals surface area (Å²) in [5, 5.41) is 0. The van der Waals surface area contributed by atoms with Crippen LogP contribution in [0.25, 0.3) is 6.08 Å². The molecule has 1 heterocycles. The lowest BCUT2D eigenvalue weighted by molar-refractivity contribution is -0.127. The average molecular weight is 432 g/mol. The standard InChI is InChI=1S/C19H26F2N2O5S/c1-4-27-17-13-14(5-7-16(17)28-19(20)21)6-8-18(24)23-11-9-15(10-12-23)22(2)29(3,25)26/h5-8,13,15,19H,4,9-12H2,1-3H3/b8-6+. The predicted octanol–water partition coefficient (Wildman–Crippen LogP) is 2.58. The number of halogens is 2. The van der Waals surface area contributed by atoms with Crippen molar-refractivity contribution in [2.24, 2.45) is 0 Å². The Kier molecular flexibility index (Phi) is 7.97. The number of ether oxygens (including phenoxy) is 2. The number of sulfonamides is 1. The van der Waals surface area contributed by atoms with Gasteiger partial charge in [0.2, 0.25) is 15.9 Å². The van der Waals surface area contributed by atoms with E-state index in [0.717, 1.165) is 0 Å². The van der Waals surface area contributed by atoms with Gasteiger partial charge in [-0.15, -0.1) is 0 Å². The van der Waals surface area contributed by atoms with Gasteiger partial charge in [-0.2, -0.15) is 8.78 Å². The number of hydrogen-bond acceptors (Lipinski definition) is 5. The first-order chi connectivity index (χ1) is 13.6. The highest BCUT2D eigenvalue weighted by Crippen LogP contribution is 2.30. The molecule has 1 aromatic rings. The van der Waals surface area contributed by atoms with Crippen molar-refractivity contribution in [3.8, 4) is 11.5 Å². The van der Waals surface area contributed by atoms with E-state index < -0.39 is 16.6 Å². The second-order valence-electron chi connectivity index (χ2n) is 6.69. The monoisotopic (exact) mass is 432 g/mol. The summed E-state index contributed by atoms with van der Waals surface area (Å²) in [4.78, 5) is 14.1. The molecule has 0 atom stereocenters. The highest BCUT2D eigenvalue weighted by atomic mass is 32.2. The molecule has 7 nitrogen and oxygen atoms in total. The van der Waals surface area contributed by atoms with Gasteiger partial charge in [0.1, 0.15) is 0 Å². The number of carbonyl (C=O) groups excluding carboxylic acids is 1. The number of piperidine rings is 1. The van der Waals surface area contributed by atoms with Gasteiger partial charge in [-0.05, 0) is 43.5 Å². The lowest BCUT2D eigenvalue weighted by atomic mass is 10.1. The fourth-order valence-corrected chi connectivity index (χ4v) is 3.84. The molecule has 0 radical (unpaired) electrons. The van der Waals surface area contributed by atoms with Crippen LogP contribution in [0, 0.1) is 0 Å². The Morgan fingerprint density at radius 3 is 2.52 bits per heavy atom. The van der Waals surface area contributed by atoms with Crippen molar-refractivity contribution in [2.45, 2.75) is 32.4 Å². The molecule has 0 bridgehead atoms. The zero-order valence-corrected chi connectivity index (χ0v) is 17.5. The normalized spacial score (nSPS) is 16.0. The molecule has 0 aromatic heterocycles. The Morgan fingerprint density at radius 1 is 1.31 bits per heavy atom. The van der Waals surface area contributed by atoms with Gasteiger partial charge >= 0.3 is 6.61 Å². The second kappa shape index (κ2) is 10.0. The molecule has 1 aliphatic heterocycles. The summed E-state index contributed by atoms with van der Waals surface area (Å²) >= 11 is 0. The third-order valence-corrected chi connectivity index (χ3v) is 6.06. The van der Waals surface area contributed by atoms with Crippen LogP contribution in [-0.2, 0) is 14.8 Å². The van der Waals surface area contributed by atoms with E-state index in [1.54, 1.807) is 31.0 Å². The molecule has 1 aliphatic rings. The Labute approximate surface area is 169 Å². The molecule has 0 spiro atoms. The summed E-state index contributed by atoms with van der Waals surface area (Å²) in [6.45, 7) is -0.0363. The van der Waals surface area contributed by atoms with Gasteiger partial charge in [-0.25, -0.2) is 12.7 Å². The third kappa shape index (κ3) is 6.67. The van der Waals surface area contributed by atoms with Crippen molar-refractivity contribution >= 4 is 22.0 Å². The van der Waals surface area contributed by atoms with Crippen molar-refractivity contribution in [3.05, 3.63) is 29.8 Å². The van der Waals surface area contributed by atoms with Crippen LogP contribution in [0.5, 0.6) is 11.5 Å². The van der Waals surface area contributed by atoms with Gasteiger partial charge < -0.3 is 14.4 Å². The number of likely N-dealkylation sites (tertiary alicyclic amines) is 1. The van der Waals surface area contributed by atoms with E-state index in [1.165, 1.54) is 28.8 Å². The molecule has 1 amide bonds. The molecule has 1 saturated heterocycles. The molecule has 29 heavy (non-hydrogen) atoms. The summed E-state index contributed by atoms with van der Waals surface area (Å²) < 4.78 is 59.3. The topological polar surface area (TPSA) is 76.2 Å². The minimum Gasteiger partial charge on any atom is -0.490 e. The molecule has 1 aromatic carbocycles.